The van der Waals surface area contributed by atoms with E-state index in [4.69, 9.17) is 22.1 Å². The lowest BCUT2D eigenvalue weighted by molar-refractivity contribution is 0.0594. The highest BCUT2D eigenvalue weighted by Crippen LogP contribution is 2.30. The third kappa shape index (κ3) is 2.92. The number of aryl methyl sites for hydroxylation is 1. The molecule has 0 amide bonds. The Morgan fingerprint density at radius 1 is 1.29 bits per heavy atom. The van der Waals surface area contributed by atoms with Gasteiger partial charge in [0.2, 0.25) is 0 Å². The van der Waals surface area contributed by atoms with Crippen LogP contribution in [0.25, 0.3) is 11.3 Å². The number of rotatable bonds is 3. The minimum atomic E-state index is -0.626. The highest BCUT2D eigenvalue weighted by Gasteiger charge is 2.17. The number of hydrogen-bond donors (Lipinski definition) is 1. The lowest BCUT2D eigenvalue weighted by Crippen LogP contribution is -2.08. The van der Waals surface area contributed by atoms with Gasteiger partial charge in [-0.3, -0.25) is 0 Å². The van der Waals surface area contributed by atoms with E-state index in [0.29, 0.717) is 5.69 Å². The van der Waals surface area contributed by atoms with Crippen LogP contribution >= 0.6 is 11.6 Å². The lowest BCUT2D eigenvalue weighted by atomic mass is 10.1. The van der Waals surface area contributed by atoms with Crippen molar-refractivity contribution in [2.75, 3.05) is 20.0 Å². The normalized spacial score (nSPS) is 10.3. The molecule has 2 N–H and O–H groups in total. The second kappa shape index (κ2) is 6.01. The van der Waals surface area contributed by atoms with Crippen molar-refractivity contribution in [3.8, 4) is 17.0 Å². The summed E-state index contributed by atoms with van der Waals surface area (Å²) < 4.78 is 9.88. The number of hydrogen-bond acceptors (Lipinski definition) is 5. The van der Waals surface area contributed by atoms with Crippen LogP contribution in [0.1, 0.15) is 16.1 Å². The molecule has 0 unspecified atom stereocenters. The molecule has 6 heteroatoms. The van der Waals surface area contributed by atoms with Crippen LogP contribution in [0.2, 0.25) is 5.02 Å². The topological polar surface area (TPSA) is 74.4 Å². The number of carbonyl (C=O) groups is 1. The van der Waals surface area contributed by atoms with Crippen LogP contribution in [-0.4, -0.2) is 25.2 Å². The van der Waals surface area contributed by atoms with Gasteiger partial charge in [0, 0.05) is 5.56 Å². The summed E-state index contributed by atoms with van der Waals surface area (Å²) in [5, 5.41) is 0.0934. The predicted molar refractivity (Wildman–Crippen MR) is 81.7 cm³/mol. The number of esters is 1. The second-order valence-electron chi connectivity index (χ2n) is 4.44. The van der Waals surface area contributed by atoms with E-state index >= 15 is 0 Å². The van der Waals surface area contributed by atoms with Crippen LogP contribution in [0, 0.1) is 6.92 Å². The zero-order chi connectivity index (χ0) is 15.6. The summed E-state index contributed by atoms with van der Waals surface area (Å²) in [6.07, 6.45) is 0. The fourth-order valence-corrected chi connectivity index (χ4v) is 2.14. The third-order valence-corrected chi connectivity index (χ3v) is 3.45. The van der Waals surface area contributed by atoms with Gasteiger partial charge >= 0.3 is 5.97 Å². The number of carbonyl (C=O) groups excluding carboxylic acids is 1. The summed E-state index contributed by atoms with van der Waals surface area (Å²) in [5.41, 5.74) is 8.42. The molecule has 0 saturated carbocycles. The molecule has 1 aromatic carbocycles. The summed E-state index contributed by atoms with van der Waals surface area (Å²) in [6, 6.07) is 7.18. The van der Waals surface area contributed by atoms with Crippen molar-refractivity contribution in [1.29, 1.82) is 0 Å². The second-order valence-corrected chi connectivity index (χ2v) is 4.81. The van der Waals surface area contributed by atoms with Crippen molar-refractivity contribution in [2.45, 2.75) is 6.92 Å². The first-order chi connectivity index (χ1) is 9.97. The molecule has 0 spiro atoms. The van der Waals surface area contributed by atoms with Crippen molar-refractivity contribution in [3.05, 3.63) is 40.5 Å². The summed E-state index contributed by atoms with van der Waals surface area (Å²) >= 11 is 6.00. The van der Waals surface area contributed by atoms with Crippen molar-refractivity contribution in [3.63, 3.8) is 0 Å². The molecule has 2 rings (SSSR count). The Labute approximate surface area is 127 Å². The van der Waals surface area contributed by atoms with Crippen molar-refractivity contribution < 1.29 is 14.3 Å². The van der Waals surface area contributed by atoms with Gasteiger partial charge < -0.3 is 15.2 Å². The number of nitrogens with zero attached hydrogens (tertiary/aromatic N) is 1. The number of pyridine rings is 1. The monoisotopic (exact) mass is 306 g/mol. The number of ether oxygens (including phenoxy) is 2. The summed E-state index contributed by atoms with van der Waals surface area (Å²) in [5.74, 6) is 0.146. The Bertz CT molecular complexity index is 702. The smallest absolute Gasteiger partial charge is 0.358 e. The van der Waals surface area contributed by atoms with Crippen LogP contribution in [0.5, 0.6) is 5.75 Å². The van der Waals surface area contributed by atoms with E-state index in [2.05, 4.69) is 9.72 Å². The molecule has 0 saturated heterocycles. The number of benzene rings is 1. The molecule has 0 atom stereocenters. The molecule has 0 bridgehead atoms. The van der Waals surface area contributed by atoms with E-state index < -0.39 is 5.97 Å². The largest absolute Gasteiger partial charge is 0.496 e. The van der Waals surface area contributed by atoms with Gasteiger partial charge in [-0.1, -0.05) is 11.6 Å². The summed E-state index contributed by atoms with van der Waals surface area (Å²) in [7, 11) is 2.87. The molecule has 0 aliphatic carbocycles. The van der Waals surface area contributed by atoms with Crippen molar-refractivity contribution >= 4 is 23.3 Å². The van der Waals surface area contributed by atoms with Crippen molar-refractivity contribution in [2.24, 2.45) is 0 Å². The Morgan fingerprint density at radius 3 is 2.57 bits per heavy atom. The van der Waals surface area contributed by atoms with Gasteiger partial charge in [-0.15, -0.1) is 0 Å². The minimum absolute atomic E-state index is 0.00244. The van der Waals surface area contributed by atoms with E-state index in [1.807, 2.05) is 25.1 Å². The SMILES string of the molecule is COC(=O)c1nc(-c2ccc(OC)c(C)c2)cc(N)c1Cl. The van der Waals surface area contributed by atoms with E-state index in [1.165, 1.54) is 7.11 Å². The number of anilines is 1. The first-order valence-electron chi connectivity index (χ1n) is 6.17. The van der Waals surface area contributed by atoms with E-state index in [1.54, 1.807) is 13.2 Å². The molecule has 0 radical (unpaired) electrons. The van der Waals surface area contributed by atoms with Crippen LogP contribution < -0.4 is 10.5 Å². The number of nitrogen functional groups attached to an aromatic ring is 1. The maximum Gasteiger partial charge on any atom is 0.358 e. The summed E-state index contributed by atoms with van der Waals surface area (Å²) in [6.45, 7) is 1.92. The maximum atomic E-state index is 11.7. The number of halogens is 1. The molecule has 0 fully saturated rings. The molecule has 1 aromatic heterocycles. The average molecular weight is 307 g/mol. The van der Waals surface area contributed by atoms with Gasteiger partial charge in [-0.2, -0.15) is 0 Å². The van der Waals surface area contributed by atoms with E-state index in [0.717, 1.165) is 16.9 Å². The Hall–Kier alpha value is -2.27. The van der Waals surface area contributed by atoms with Crippen LogP contribution in [0.15, 0.2) is 24.3 Å². The van der Waals surface area contributed by atoms with E-state index in [9.17, 15) is 4.79 Å². The Balaban J connectivity index is 2.57. The average Bonchev–Trinajstić information content (AvgIpc) is 2.49. The zero-order valence-electron chi connectivity index (χ0n) is 11.9. The maximum absolute atomic E-state index is 11.7. The third-order valence-electron chi connectivity index (χ3n) is 3.06. The van der Waals surface area contributed by atoms with Crippen LogP contribution in [0.3, 0.4) is 0 Å². The van der Waals surface area contributed by atoms with Gasteiger partial charge in [-0.25, -0.2) is 9.78 Å². The van der Waals surface area contributed by atoms with Gasteiger partial charge in [0.25, 0.3) is 0 Å². The quantitative estimate of drug-likeness (QED) is 0.882. The first-order valence-corrected chi connectivity index (χ1v) is 6.55. The molecule has 5 nitrogen and oxygen atoms in total. The minimum Gasteiger partial charge on any atom is -0.496 e. The lowest BCUT2D eigenvalue weighted by Gasteiger charge is -2.10. The number of methoxy groups -OCH3 is 2. The molecule has 0 aliphatic heterocycles. The van der Waals surface area contributed by atoms with E-state index in [-0.39, 0.29) is 16.4 Å². The van der Waals surface area contributed by atoms with Gasteiger partial charge in [0.1, 0.15) is 5.75 Å². The van der Waals surface area contributed by atoms with Crippen LogP contribution in [0.4, 0.5) is 5.69 Å². The van der Waals surface area contributed by atoms with Crippen molar-refractivity contribution in [1.82, 2.24) is 4.98 Å². The fraction of sp³-hybridized carbons (Fsp3) is 0.200. The number of aromatic nitrogens is 1. The Kier molecular flexibility index (Phi) is 4.33. The van der Waals surface area contributed by atoms with Crippen LogP contribution in [-0.2, 0) is 4.74 Å². The first kappa shape index (κ1) is 15.1. The summed E-state index contributed by atoms with van der Waals surface area (Å²) in [4.78, 5) is 15.9. The molecule has 1 heterocycles. The van der Waals surface area contributed by atoms with Gasteiger partial charge in [0.05, 0.1) is 30.6 Å². The van der Waals surface area contributed by atoms with Gasteiger partial charge in [-0.05, 0) is 36.8 Å². The molecule has 110 valence electrons. The molecular formula is C15H15ClN2O3. The fourth-order valence-electron chi connectivity index (χ4n) is 1.97. The highest BCUT2D eigenvalue weighted by atomic mass is 35.5. The molecular weight excluding hydrogens is 292 g/mol. The Morgan fingerprint density at radius 2 is 2.00 bits per heavy atom. The number of nitrogens with two attached hydrogens (primary N) is 1. The molecule has 2 aromatic rings. The highest BCUT2D eigenvalue weighted by molar-refractivity contribution is 6.35. The standard InChI is InChI=1S/C15H15ClN2O3/c1-8-6-9(4-5-12(8)20-2)11-7-10(17)13(16)14(18-11)15(19)21-3/h4-7H,1-3H3,(H2,17,18). The van der Waals surface area contributed by atoms with Gasteiger partial charge in [0.15, 0.2) is 5.69 Å². The zero-order valence-corrected chi connectivity index (χ0v) is 12.7. The predicted octanol–water partition coefficient (Wildman–Crippen LogP) is 3.09. The molecule has 0 aliphatic rings. The molecule has 21 heavy (non-hydrogen) atoms.